The number of nitrogens with zero attached hydrogens (tertiary/aromatic N) is 2. The Bertz CT molecular complexity index is 1100. The van der Waals surface area contributed by atoms with Crippen LogP contribution in [0.5, 0.6) is 0 Å². The van der Waals surface area contributed by atoms with Crippen LogP contribution >= 0.6 is 0 Å². The van der Waals surface area contributed by atoms with Gasteiger partial charge in [0.15, 0.2) is 0 Å². The number of benzene rings is 2. The van der Waals surface area contributed by atoms with Crippen LogP contribution in [0.3, 0.4) is 0 Å². The number of amides is 5. The van der Waals surface area contributed by atoms with E-state index in [2.05, 4.69) is 10.6 Å². The Balaban J connectivity index is 1.26. The van der Waals surface area contributed by atoms with Gasteiger partial charge in [-0.2, -0.15) is 0 Å². The standard InChI is InChI=1S/C23H22N4O4/c28-19(24-16-7-9-17(10-8-16)26-13-3-6-20(26)29)14-27-21(30)23(25-22(27)31)12-11-15-4-1-2-5-18(15)23/h1-2,4-5,7-10H,3,6,11-14H2,(H,24,28)(H,25,31)/t23-/m0/s1. The number of hydrogen-bond donors (Lipinski definition) is 2. The molecule has 1 atom stereocenters. The van der Waals surface area contributed by atoms with Gasteiger partial charge < -0.3 is 15.5 Å². The van der Waals surface area contributed by atoms with Crippen molar-refractivity contribution in [1.29, 1.82) is 0 Å². The molecule has 8 nitrogen and oxygen atoms in total. The zero-order valence-corrected chi connectivity index (χ0v) is 16.9. The number of carbonyl (C=O) groups excluding carboxylic acids is 4. The van der Waals surface area contributed by atoms with Crippen molar-refractivity contribution < 1.29 is 19.2 Å². The maximum Gasteiger partial charge on any atom is 0.325 e. The molecule has 158 valence electrons. The van der Waals surface area contributed by atoms with E-state index in [4.69, 9.17) is 0 Å². The fraction of sp³-hybridized carbons (Fsp3) is 0.304. The predicted octanol–water partition coefficient (Wildman–Crippen LogP) is 2.15. The van der Waals surface area contributed by atoms with Gasteiger partial charge in [-0.15, -0.1) is 0 Å². The van der Waals surface area contributed by atoms with Crippen LogP contribution < -0.4 is 15.5 Å². The molecule has 2 fully saturated rings. The Morgan fingerprint density at radius 3 is 2.55 bits per heavy atom. The molecule has 2 saturated heterocycles. The minimum Gasteiger partial charge on any atom is -0.325 e. The molecule has 0 bridgehead atoms. The van der Waals surface area contributed by atoms with E-state index in [9.17, 15) is 19.2 Å². The quantitative estimate of drug-likeness (QED) is 0.744. The van der Waals surface area contributed by atoms with Crippen LogP contribution in [0.1, 0.15) is 30.4 Å². The molecule has 0 aromatic heterocycles. The zero-order valence-electron chi connectivity index (χ0n) is 16.9. The van der Waals surface area contributed by atoms with Crippen molar-refractivity contribution in [3.63, 3.8) is 0 Å². The lowest BCUT2D eigenvalue weighted by atomic mass is 9.92. The lowest BCUT2D eigenvalue weighted by molar-refractivity contribution is -0.134. The van der Waals surface area contributed by atoms with E-state index >= 15 is 0 Å². The van der Waals surface area contributed by atoms with Gasteiger partial charge in [0.2, 0.25) is 11.8 Å². The third-order valence-electron chi connectivity index (χ3n) is 6.26. The molecule has 1 aliphatic carbocycles. The molecule has 0 unspecified atom stereocenters. The maximum atomic E-state index is 13.1. The topological polar surface area (TPSA) is 98.8 Å². The fourth-order valence-electron chi connectivity index (χ4n) is 4.72. The van der Waals surface area contributed by atoms with Crippen molar-refractivity contribution in [2.45, 2.75) is 31.2 Å². The molecule has 3 aliphatic rings. The second-order valence-corrected chi connectivity index (χ2v) is 8.13. The highest BCUT2D eigenvalue weighted by Gasteiger charge is 2.55. The molecule has 8 heteroatoms. The molecule has 2 aliphatic heterocycles. The molecule has 0 saturated carbocycles. The molecule has 5 rings (SSSR count). The predicted molar refractivity (Wildman–Crippen MR) is 113 cm³/mol. The number of anilines is 2. The van der Waals surface area contributed by atoms with Crippen LogP contribution in [0.2, 0.25) is 0 Å². The van der Waals surface area contributed by atoms with Gasteiger partial charge in [0.25, 0.3) is 5.91 Å². The van der Waals surface area contributed by atoms with E-state index < -0.39 is 17.5 Å². The average molecular weight is 418 g/mol. The SMILES string of the molecule is O=C(CN1C(=O)N[C@]2(CCc3ccccc32)C1=O)Nc1ccc(N2CCCC2=O)cc1. The number of fused-ring (bicyclic) bond motifs is 2. The summed E-state index contributed by atoms with van der Waals surface area (Å²) in [6.07, 6.45) is 2.59. The van der Waals surface area contributed by atoms with Gasteiger partial charge in [0.1, 0.15) is 12.1 Å². The summed E-state index contributed by atoms with van der Waals surface area (Å²) in [5.41, 5.74) is 2.10. The van der Waals surface area contributed by atoms with Gasteiger partial charge in [-0.05, 0) is 54.7 Å². The van der Waals surface area contributed by atoms with Crippen molar-refractivity contribution in [2.24, 2.45) is 0 Å². The summed E-state index contributed by atoms with van der Waals surface area (Å²) < 4.78 is 0. The minimum atomic E-state index is -1.07. The molecule has 1 spiro atoms. The number of urea groups is 1. The van der Waals surface area contributed by atoms with Crippen LogP contribution in [0, 0.1) is 0 Å². The normalized spacial score (nSPS) is 22.3. The highest BCUT2D eigenvalue weighted by molar-refractivity contribution is 6.11. The van der Waals surface area contributed by atoms with Gasteiger partial charge >= 0.3 is 6.03 Å². The van der Waals surface area contributed by atoms with Crippen LogP contribution in [-0.2, 0) is 26.3 Å². The maximum absolute atomic E-state index is 13.1. The number of rotatable bonds is 4. The Morgan fingerprint density at radius 2 is 1.81 bits per heavy atom. The lowest BCUT2D eigenvalue weighted by Gasteiger charge is -2.22. The summed E-state index contributed by atoms with van der Waals surface area (Å²) >= 11 is 0. The highest BCUT2D eigenvalue weighted by atomic mass is 16.2. The molecule has 31 heavy (non-hydrogen) atoms. The first-order chi connectivity index (χ1) is 15.0. The lowest BCUT2D eigenvalue weighted by Crippen LogP contribution is -2.43. The molecule has 2 N–H and O–H groups in total. The monoisotopic (exact) mass is 418 g/mol. The van der Waals surface area contributed by atoms with Crippen molar-refractivity contribution in [1.82, 2.24) is 10.2 Å². The fourth-order valence-corrected chi connectivity index (χ4v) is 4.72. The molecule has 2 heterocycles. The summed E-state index contributed by atoms with van der Waals surface area (Å²) in [6, 6.07) is 14.0. The molecule has 2 aromatic carbocycles. The highest BCUT2D eigenvalue weighted by Crippen LogP contribution is 2.41. The van der Waals surface area contributed by atoms with E-state index in [1.165, 1.54) is 0 Å². The van der Waals surface area contributed by atoms with Crippen molar-refractivity contribution >= 4 is 35.1 Å². The van der Waals surface area contributed by atoms with E-state index in [1.807, 2.05) is 24.3 Å². The minimum absolute atomic E-state index is 0.0951. The van der Waals surface area contributed by atoms with Crippen LogP contribution in [0.25, 0.3) is 0 Å². The van der Waals surface area contributed by atoms with Gasteiger partial charge in [-0.1, -0.05) is 24.3 Å². The molecular formula is C23H22N4O4. The number of carbonyl (C=O) groups is 4. The van der Waals surface area contributed by atoms with Gasteiger partial charge in [0.05, 0.1) is 0 Å². The molecule has 5 amide bonds. The first-order valence-electron chi connectivity index (χ1n) is 10.4. The third-order valence-corrected chi connectivity index (χ3v) is 6.26. The largest absolute Gasteiger partial charge is 0.325 e. The van der Waals surface area contributed by atoms with E-state index in [0.717, 1.165) is 28.1 Å². The summed E-state index contributed by atoms with van der Waals surface area (Å²) in [4.78, 5) is 52.8. The second-order valence-electron chi connectivity index (χ2n) is 8.13. The third kappa shape index (κ3) is 3.15. The van der Waals surface area contributed by atoms with E-state index in [-0.39, 0.29) is 18.4 Å². The summed E-state index contributed by atoms with van der Waals surface area (Å²) in [7, 11) is 0. The van der Waals surface area contributed by atoms with Crippen LogP contribution in [0.15, 0.2) is 48.5 Å². The number of imide groups is 1. The van der Waals surface area contributed by atoms with E-state index in [0.29, 0.717) is 31.5 Å². The Labute approximate surface area is 179 Å². The first kappa shape index (κ1) is 19.3. The number of aryl methyl sites for hydroxylation is 1. The van der Waals surface area contributed by atoms with Crippen molar-refractivity contribution in [2.75, 3.05) is 23.3 Å². The number of hydrogen-bond acceptors (Lipinski definition) is 4. The average Bonchev–Trinajstić information content (AvgIpc) is 3.42. The van der Waals surface area contributed by atoms with Gasteiger partial charge in [0, 0.05) is 24.3 Å². The second kappa shape index (κ2) is 7.23. The van der Waals surface area contributed by atoms with Crippen LogP contribution in [-0.4, -0.2) is 41.7 Å². The molecule has 0 radical (unpaired) electrons. The van der Waals surface area contributed by atoms with Crippen LogP contribution in [0.4, 0.5) is 16.2 Å². The smallest absolute Gasteiger partial charge is 0.325 e. The first-order valence-corrected chi connectivity index (χ1v) is 10.4. The summed E-state index contributed by atoms with van der Waals surface area (Å²) in [5.74, 6) is -0.755. The van der Waals surface area contributed by atoms with Crippen molar-refractivity contribution in [3.8, 4) is 0 Å². The number of nitrogens with one attached hydrogen (secondary N) is 2. The van der Waals surface area contributed by atoms with E-state index in [1.54, 1.807) is 29.2 Å². The van der Waals surface area contributed by atoms with Crippen molar-refractivity contribution in [3.05, 3.63) is 59.7 Å². The summed E-state index contributed by atoms with van der Waals surface area (Å²) in [6.45, 7) is 0.336. The Kier molecular flexibility index (Phi) is 4.50. The molecular weight excluding hydrogens is 396 g/mol. The summed E-state index contributed by atoms with van der Waals surface area (Å²) in [5, 5.41) is 5.54. The van der Waals surface area contributed by atoms with Gasteiger partial charge in [-0.25, -0.2) is 4.79 Å². The van der Waals surface area contributed by atoms with Gasteiger partial charge in [-0.3, -0.25) is 19.3 Å². The zero-order chi connectivity index (χ0) is 21.6. The Morgan fingerprint density at radius 1 is 1.03 bits per heavy atom. The Hall–Kier alpha value is -3.68. The molecule has 2 aromatic rings.